The number of aromatic hydroxyl groups is 1. The summed E-state index contributed by atoms with van der Waals surface area (Å²) in [6.07, 6.45) is 12.1. The quantitative estimate of drug-likeness (QED) is 0.731. The molecule has 0 saturated carbocycles. The number of phenolic OH excluding ortho intramolecular Hbond substituents is 1. The average Bonchev–Trinajstić information content (AvgIpc) is 2.48. The van der Waals surface area contributed by atoms with Gasteiger partial charge in [0.15, 0.2) is 0 Å². The zero-order valence-corrected chi connectivity index (χ0v) is 11.2. The molecular weight excluding hydrogens is 248 g/mol. The monoisotopic (exact) mass is 266 g/mol. The zero-order valence-electron chi connectivity index (χ0n) is 11.2. The van der Waals surface area contributed by atoms with E-state index in [1.807, 2.05) is 18.2 Å². The summed E-state index contributed by atoms with van der Waals surface area (Å²) < 4.78 is 0. The van der Waals surface area contributed by atoms with E-state index in [-0.39, 0.29) is 6.17 Å². The van der Waals surface area contributed by atoms with Crippen molar-refractivity contribution in [2.75, 3.05) is 0 Å². The summed E-state index contributed by atoms with van der Waals surface area (Å²) in [5, 5.41) is 17.3. The van der Waals surface area contributed by atoms with Crippen LogP contribution in [0.25, 0.3) is 0 Å². The fraction of sp³-hybridized carbons (Fsp3) is 0.294. The molecule has 1 fully saturated rings. The smallest absolute Gasteiger partial charge is 0.121 e. The molecule has 0 amide bonds. The largest absolute Gasteiger partial charge is 0.508 e. The summed E-state index contributed by atoms with van der Waals surface area (Å²) in [5.74, 6) is 0.838. The molecule has 0 radical (unpaired) electrons. The van der Waals surface area contributed by atoms with Crippen LogP contribution in [-0.4, -0.2) is 17.2 Å². The van der Waals surface area contributed by atoms with Gasteiger partial charge in [0, 0.05) is 23.6 Å². The van der Waals surface area contributed by atoms with Crippen molar-refractivity contribution in [2.24, 2.45) is 5.92 Å². The van der Waals surface area contributed by atoms with Crippen LogP contribution in [0.15, 0.2) is 60.2 Å². The van der Waals surface area contributed by atoms with Gasteiger partial charge >= 0.3 is 0 Å². The van der Waals surface area contributed by atoms with E-state index < -0.39 is 0 Å². The molecule has 4 rings (SSSR count). The molecule has 0 bridgehead atoms. The molecule has 20 heavy (non-hydrogen) atoms. The first-order chi connectivity index (χ1) is 9.83. The van der Waals surface area contributed by atoms with Gasteiger partial charge in [-0.1, -0.05) is 48.6 Å². The molecule has 1 aromatic carbocycles. The van der Waals surface area contributed by atoms with E-state index in [2.05, 4.69) is 41.0 Å². The standard InChI is InChI=1S/C17H18N2O/c20-15-10-2-1-7-12(15)17-18-13-8-3-5-11-6-4-9-14(19-17)16(11)13/h1-8,10,13-14,16-20H,9H2. The van der Waals surface area contributed by atoms with Gasteiger partial charge < -0.3 is 5.11 Å². The lowest BCUT2D eigenvalue weighted by Crippen LogP contribution is -2.59. The van der Waals surface area contributed by atoms with Gasteiger partial charge in [-0.15, -0.1) is 0 Å². The second-order valence-electron chi connectivity index (χ2n) is 5.67. The third-order valence-electron chi connectivity index (χ3n) is 4.50. The van der Waals surface area contributed by atoms with Crippen molar-refractivity contribution in [2.45, 2.75) is 24.7 Å². The highest BCUT2D eigenvalue weighted by Crippen LogP contribution is 2.37. The number of hydrogen-bond donors (Lipinski definition) is 3. The van der Waals surface area contributed by atoms with Gasteiger partial charge in [0.05, 0.1) is 6.17 Å². The summed E-state index contributed by atoms with van der Waals surface area (Å²) in [4.78, 5) is 0. The molecule has 1 saturated heterocycles. The fourth-order valence-corrected chi connectivity index (χ4v) is 3.57. The minimum atomic E-state index is -0.00190. The Hall–Kier alpha value is -1.84. The van der Waals surface area contributed by atoms with E-state index in [4.69, 9.17) is 0 Å². The Kier molecular flexibility index (Phi) is 2.76. The lowest BCUT2D eigenvalue weighted by molar-refractivity contribution is 0.204. The highest BCUT2D eigenvalue weighted by molar-refractivity contribution is 5.40. The van der Waals surface area contributed by atoms with Crippen LogP contribution in [0, 0.1) is 5.92 Å². The number of nitrogens with one attached hydrogen (secondary N) is 2. The van der Waals surface area contributed by atoms with Gasteiger partial charge in [0.25, 0.3) is 0 Å². The summed E-state index contributed by atoms with van der Waals surface area (Å²) in [6.45, 7) is 0. The van der Waals surface area contributed by atoms with Crippen LogP contribution in [0.2, 0.25) is 0 Å². The van der Waals surface area contributed by atoms with Gasteiger partial charge in [-0.25, -0.2) is 0 Å². The number of benzene rings is 1. The van der Waals surface area contributed by atoms with E-state index in [0.717, 1.165) is 12.0 Å². The Morgan fingerprint density at radius 2 is 2.05 bits per heavy atom. The maximum Gasteiger partial charge on any atom is 0.121 e. The second-order valence-corrected chi connectivity index (χ2v) is 5.67. The van der Waals surface area contributed by atoms with Crippen molar-refractivity contribution >= 4 is 0 Å². The normalized spacial score (nSPS) is 34.5. The molecule has 3 heteroatoms. The van der Waals surface area contributed by atoms with Gasteiger partial charge in [-0.2, -0.15) is 0 Å². The van der Waals surface area contributed by atoms with Gasteiger partial charge in [0.1, 0.15) is 5.75 Å². The molecule has 4 atom stereocenters. The topological polar surface area (TPSA) is 44.3 Å². The Bertz CT molecular complexity index is 617. The van der Waals surface area contributed by atoms with Crippen molar-refractivity contribution in [1.82, 2.24) is 10.6 Å². The molecule has 102 valence electrons. The number of allylic oxidation sites excluding steroid dienone is 3. The number of hydrogen-bond acceptors (Lipinski definition) is 3. The van der Waals surface area contributed by atoms with Crippen LogP contribution in [0.4, 0.5) is 0 Å². The third kappa shape index (κ3) is 1.82. The van der Waals surface area contributed by atoms with Crippen LogP contribution in [0.3, 0.4) is 0 Å². The molecule has 1 aliphatic heterocycles. The summed E-state index contributed by atoms with van der Waals surface area (Å²) in [6, 6.07) is 8.29. The van der Waals surface area contributed by atoms with Crippen LogP contribution < -0.4 is 10.6 Å². The van der Waals surface area contributed by atoms with E-state index >= 15 is 0 Å². The number of para-hydroxylation sites is 1. The lowest BCUT2D eigenvalue weighted by atomic mass is 9.75. The predicted octanol–water partition coefficient (Wildman–Crippen LogP) is 2.39. The molecule has 0 spiro atoms. The second kappa shape index (κ2) is 4.62. The average molecular weight is 266 g/mol. The molecular formula is C17H18N2O. The Balaban J connectivity index is 1.68. The number of phenols is 1. The van der Waals surface area contributed by atoms with Crippen LogP contribution in [0.5, 0.6) is 5.75 Å². The van der Waals surface area contributed by atoms with E-state index in [1.165, 1.54) is 5.57 Å². The third-order valence-corrected chi connectivity index (χ3v) is 4.50. The highest BCUT2D eigenvalue weighted by Gasteiger charge is 2.39. The van der Waals surface area contributed by atoms with Crippen molar-refractivity contribution in [1.29, 1.82) is 0 Å². The van der Waals surface area contributed by atoms with Gasteiger partial charge in [-0.05, 0) is 18.1 Å². The van der Waals surface area contributed by atoms with Crippen molar-refractivity contribution in [3.05, 3.63) is 65.8 Å². The molecule has 2 aliphatic carbocycles. The van der Waals surface area contributed by atoms with E-state index in [0.29, 0.717) is 23.8 Å². The zero-order chi connectivity index (χ0) is 13.5. The molecule has 4 unspecified atom stereocenters. The lowest BCUT2D eigenvalue weighted by Gasteiger charge is -2.46. The minimum Gasteiger partial charge on any atom is -0.508 e. The Morgan fingerprint density at radius 1 is 1.15 bits per heavy atom. The molecule has 1 heterocycles. The van der Waals surface area contributed by atoms with Crippen LogP contribution >= 0.6 is 0 Å². The number of rotatable bonds is 1. The van der Waals surface area contributed by atoms with Crippen LogP contribution in [0.1, 0.15) is 18.2 Å². The molecule has 3 aliphatic rings. The summed E-state index contributed by atoms with van der Waals surface area (Å²) in [7, 11) is 0. The summed E-state index contributed by atoms with van der Waals surface area (Å²) >= 11 is 0. The van der Waals surface area contributed by atoms with Crippen molar-refractivity contribution in [3.8, 4) is 5.75 Å². The van der Waals surface area contributed by atoms with E-state index in [1.54, 1.807) is 6.07 Å². The molecule has 3 nitrogen and oxygen atoms in total. The first-order valence-corrected chi connectivity index (χ1v) is 7.18. The maximum atomic E-state index is 10.1. The van der Waals surface area contributed by atoms with Crippen molar-refractivity contribution < 1.29 is 5.11 Å². The Labute approximate surface area is 118 Å². The Morgan fingerprint density at radius 3 is 2.95 bits per heavy atom. The first kappa shape index (κ1) is 11.9. The van der Waals surface area contributed by atoms with Gasteiger partial charge in [-0.3, -0.25) is 10.6 Å². The van der Waals surface area contributed by atoms with Gasteiger partial charge in [0.2, 0.25) is 0 Å². The van der Waals surface area contributed by atoms with E-state index in [9.17, 15) is 5.11 Å². The van der Waals surface area contributed by atoms with Crippen LogP contribution in [-0.2, 0) is 0 Å². The highest BCUT2D eigenvalue weighted by atomic mass is 16.3. The predicted molar refractivity (Wildman–Crippen MR) is 79.2 cm³/mol. The molecule has 0 aromatic heterocycles. The SMILES string of the molecule is Oc1ccccc1C1NC2C=CC=C3C=CCC(N1)C32. The summed E-state index contributed by atoms with van der Waals surface area (Å²) in [5.41, 5.74) is 2.31. The minimum absolute atomic E-state index is 0.00190. The maximum absolute atomic E-state index is 10.1. The first-order valence-electron chi connectivity index (χ1n) is 7.18. The fourth-order valence-electron chi connectivity index (χ4n) is 3.57. The molecule has 3 N–H and O–H groups in total. The molecule has 1 aromatic rings. The van der Waals surface area contributed by atoms with Crippen molar-refractivity contribution in [3.63, 3.8) is 0 Å².